The lowest BCUT2D eigenvalue weighted by Gasteiger charge is -2.09. The fourth-order valence-corrected chi connectivity index (χ4v) is 1.55. The average molecular weight is 283 g/mol. The van der Waals surface area contributed by atoms with Gasteiger partial charge in [0.2, 0.25) is 0 Å². The van der Waals surface area contributed by atoms with Gasteiger partial charge in [-0.3, -0.25) is 14.9 Å². The van der Waals surface area contributed by atoms with Crippen LogP contribution in [-0.2, 0) is 16.0 Å². The van der Waals surface area contributed by atoms with Crippen molar-refractivity contribution < 1.29 is 19.5 Å². The van der Waals surface area contributed by atoms with E-state index in [0.717, 1.165) is 0 Å². The van der Waals surface area contributed by atoms with E-state index in [1.165, 1.54) is 4.68 Å². The first-order chi connectivity index (χ1) is 9.40. The summed E-state index contributed by atoms with van der Waals surface area (Å²) in [6.45, 7) is 1.56. The molecule has 0 aromatic carbocycles. The summed E-state index contributed by atoms with van der Waals surface area (Å²) >= 11 is 0. The Bertz CT molecular complexity index is 499. The fourth-order valence-electron chi connectivity index (χ4n) is 1.55. The number of aryl methyl sites for hydroxylation is 1. The lowest BCUT2D eigenvalue weighted by atomic mass is 10.1. The lowest BCUT2D eigenvalue weighted by Crippen LogP contribution is -2.39. The predicted octanol–water partition coefficient (Wildman–Crippen LogP) is -0.169. The first kappa shape index (κ1) is 15.6. The normalized spacial score (nSPS) is 11.8. The van der Waals surface area contributed by atoms with E-state index in [1.54, 1.807) is 13.1 Å². The van der Waals surface area contributed by atoms with E-state index in [4.69, 9.17) is 10.8 Å². The molecular formula is C11H17N5O4. The van der Waals surface area contributed by atoms with Crippen LogP contribution in [0.5, 0.6) is 0 Å². The van der Waals surface area contributed by atoms with Crippen molar-refractivity contribution in [3.8, 4) is 0 Å². The van der Waals surface area contributed by atoms with Crippen LogP contribution in [0.2, 0.25) is 0 Å². The van der Waals surface area contributed by atoms with Gasteiger partial charge in [0.05, 0.1) is 5.69 Å². The zero-order chi connectivity index (χ0) is 15.1. The monoisotopic (exact) mass is 283 g/mol. The van der Waals surface area contributed by atoms with Crippen molar-refractivity contribution in [3.63, 3.8) is 0 Å². The number of carbonyl (C=O) groups is 3. The van der Waals surface area contributed by atoms with Gasteiger partial charge in [-0.15, -0.1) is 5.10 Å². The molecule has 0 aliphatic heterocycles. The quantitative estimate of drug-likeness (QED) is 0.593. The van der Waals surface area contributed by atoms with E-state index in [0.29, 0.717) is 25.0 Å². The maximum atomic E-state index is 11.5. The molecule has 20 heavy (non-hydrogen) atoms. The van der Waals surface area contributed by atoms with E-state index in [2.05, 4.69) is 10.3 Å². The second kappa shape index (κ2) is 7.22. The van der Waals surface area contributed by atoms with Gasteiger partial charge in [-0.1, -0.05) is 5.21 Å². The van der Waals surface area contributed by atoms with Crippen molar-refractivity contribution in [3.05, 3.63) is 11.9 Å². The molecule has 4 N–H and O–H groups in total. The summed E-state index contributed by atoms with van der Waals surface area (Å²) in [5.41, 5.74) is 5.52. The highest BCUT2D eigenvalue weighted by atomic mass is 16.4. The van der Waals surface area contributed by atoms with Gasteiger partial charge in [-0.2, -0.15) is 0 Å². The number of nitrogens with zero attached hydrogens (tertiary/aromatic N) is 3. The van der Waals surface area contributed by atoms with E-state index in [9.17, 15) is 14.4 Å². The summed E-state index contributed by atoms with van der Waals surface area (Å²) in [7, 11) is 0. The van der Waals surface area contributed by atoms with Crippen LogP contribution in [0.15, 0.2) is 6.20 Å². The Morgan fingerprint density at radius 1 is 1.45 bits per heavy atom. The molecule has 1 unspecified atom stereocenters. The van der Waals surface area contributed by atoms with Crippen LogP contribution < -0.4 is 11.1 Å². The van der Waals surface area contributed by atoms with Crippen LogP contribution in [0, 0.1) is 0 Å². The molecule has 3 amide bonds. The number of carboxylic acid groups (broad SMARTS) is 1. The lowest BCUT2D eigenvalue weighted by molar-refractivity contribution is -0.137. The SMILES string of the molecule is CC(C(=O)NC(N)=O)n1cc(CCCCC(=O)O)nn1. The van der Waals surface area contributed by atoms with Crippen LogP contribution in [-0.4, -0.2) is 38.0 Å². The molecule has 110 valence electrons. The van der Waals surface area contributed by atoms with Crippen molar-refractivity contribution in [1.29, 1.82) is 0 Å². The number of carboxylic acids is 1. The molecule has 0 saturated carbocycles. The Balaban J connectivity index is 2.47. The Morgan fingerprint density at radius 2 is 2.15 bits per heavy atom. The highest BCUT2D eigenvalue weighted by Gasteiger charge is 2.17. The molecule has 1 heterocycles. The summed E-state index contributed by atoms with van der Waals surface area (Å²) < 4.78 is 1.32. The van der Waals surface area contributed by atoms with Gasteiger partial charge >= 0.3 is 12.0 Å². The van der Waals surface area contributed by atoms with Crippen LogP contribution in [0.3, 0.4) is 0 Å². The molecule has 9 heteroatoms. The maximum absolute atomic E-state index is 11.5. The molecule has 0 bridgehead atoms. The fraction of sp³-hybridized carbons (Fsp3) is 0.545. The minimum absolute atomic E-state index is 0.117. The molecule has 1 aromatic heterocycles. The molecule has 1 aromatic rings. The Labute approximate surface area is 115 Å². The predicted molar refractivity (Wildman–Crippen MR) is 67.6 cm³/mol. The van der Waals surface area contributed by atoms with Crippen molar-refractivity contribution in [2.24, 2.45) is 5.73 Å². The molecule has 1 rings (SSSR count). The first-order valence-electron chi connectivity index (χ1n) is 6.13. The third-order valence-electron chi connectivity index (χ3n) is 2.65. The summed E-state index contributed by atoms with van der Waals surface area (Å²) in [5.74, 6) is -1.40. The molecule has 1 atom stereocenters. The molecular weight excluding hydrogens is 266 g/mol. The first-order valence-corrected chi connectivity index (χ1v) is 6.13. The summed E-state index contributed by atoms with van der Waals surface area (Å²) in [5, 5.41) is 18.1. The van der Waals surface area contributed by atoms with E-state index in [1.807, 2.05) is 5.32 Å². The highest BCUT2D eigenvalue weighted by Crippen LogP contribution is 2.08. The van der Waals surface area contributed by atoms with Gasteiger partial charge in [0, 0.05) is 12.6 Å². The summed E-state index contributed by atoms with van der Waals surface area (Å²) in [4.78, 5) is 32.5. The van der Waals surface area contributed by atoms with Crippen LogP contribution in [0.25, 0.3) is 0 Å². The van der Waals surface area contributed by atoms with Gasteiger partial charge in [0.1, 0.15) is 6.04 Å². The van der Waals surface area contributed by atoms with E-state index >= 15 is 0 Å². The Hall–Kier alpha value is -2.45. The molecule has 9 nitrogen and oxygen atoms in total. The van der Waals surface area contributed by atoms with E-state index < -0.39 is 23.9 Å². The standard InChI is InChI=1S/C11H17N5O4/c1-7(10(19)13-11(12)20)16-6-8(14-15-16)4-2-3-5-9(17)18/h6-7H,2-5H2,1H3,(H,17,18)(H3,12,13,19,20). The van der Waals surface area contributed by atoms with E-state index in [-0.39, 0.29) is 6.42 Å². The van der Waals surface area contributed by atoms with Crippen molar-refractivity contribution in [2.45, 2.75) is 38.6 Å². The van der Waals surface area contributed by atoms with Crippen molar-refractivity contribution >= 4 is 17.9 Å². The number of imide groups is 1. The third kappa shape index (κ3) is 5.04. The van der Waals surface area contributed by atoms with Gasteiger partial charge in [0.25, 0.3) is 5.91 Å². The van der Waals surface area contributed by atoms with Crippen LogP contribution >= 0.6 is 0 Å². The minimum Gasteiger partial charge on any atom is -0.481 e. The number of nitrogens with one attached hydrogen (secondary N) is 1. The maximum Gasteiger partial charge on any atom is 0.318 e. The third-order valence-corrected chi connectivity index (χ3v) is 2.65. The molecule has 0 aliphatic carbocycles. The second-order valence-electron chi connectivity index (χ2n) is 4.32. The Kier molecular flexibility index (Phi) is 5.63. The van der Waals surface area contributed by atoms with Crippen molar-refractivity contribution in [1.82, 2.24) is 20.3 Å². The number of unbranched alkanes of at least 4 members (excludes halogenated alkanes) is 1. The van der Waals surface area contributed by atoms with Crippen LogP contribution in [0.4, 0.5) is 4.79 Å². The largest absolute Gasteiger partial charge is 0.481 e. The van der Waals surface area contributed by atoms with Gasteiger partial charge < -0.3 is 10.8 Å². The molecule has 0 aliphatic rings. The second-order valence-corrected chi connectivity index (χ2v) is 4.32. The number of amides is 3. The number of nitrogens with two attached hydrogens (primary N) is 1. The average Bonchev–Trinajstić information content (AvgIpc) is 2.81. The molecule has 0 saturated heterocycles. The van der Waals surface area contributed by atoms with Crippen LogP contribution in [0.1, 0.15) is 37.9 Å². The summed E-state index contributed by atoms with van der Waals surface area (Å²) in [6.07, 6.45) is 3.52. The van der Waals surface area contributed by atoms with Gasteiger partial charge in [-0.05, 0) is 26.2 Å². The minimum atomic E-state index is -0.921. The Morgan fingerprint density at radius 3 is 2.75 bits per heavy atom. The molecule has 0 spiro atoms. The molecule has 0 fully saturated rings. The number of hydrogen-bond acceptors (Lipinski definition) is 5. The number of carbonyl (C=O) groups excluding carboxylic acids is 2. The topological polar surface area (TPSA) is 140 Å². The van der Waals surface area contributed by atoms with Gasteiger partial charge in [0.15, 0.2) is 0 Å². The number of aliphatic carboxylic acids is 1. The number of rotatable bonds is 7. The number of urea groups is 1. The number of aromatic nitrogens is 3. The van der Waals surface area contributed by atoms with Crippen molar-refractivity contribution in [2.75, 3.05) is 0 Å². The number of primary amides is 1. The zero-order valence-corrected chi connectivity index (χ0v) is 11.1. The highest BCUT2D eigenvalue weighted by molar-refractivity contribution is 5.95. The van der Waals surface area contributed by atoms with Gasteiger partial charge in [-0.25, -0.2) is 9.48 Å². The number of hydrogen-bond donors (Lipinski definition) is 3. The summed E-state index contributed by atoms with van der Waals surface area (Å²) in [6, 6.07) is -1.63. The zero-order valence-electron chi connectivity index (χ0n) is 11.1. The molecule has 0 radical (unpaired) electrons. The smallest absolute Gasteiger partial charge is 0.318 e.